The van der Waals surface area contributed by atoms with Gasteiger partial charge in [0, 0.05) is 18.8 Å². The first-order valence-corrected chi connectivity index (χ1v) is 7.69. The van der Waals surface area contributed by atoms with E-state index < -0.39 is 6.10 Å². The molecule has 1 amide bonds. The number of rotatable bonds is 8. The lowest BCUT2D eigenvalue weighted by atomic mass is 10.2. The largest absolute Gasteiger partial charge is 0.364 e. The van der Waals surface area contributed by atoms with Crippen LogP contribution in [-0.4, -0.2) is 47.3 Å². The number of amides is 1. The van der Waals surface area contributed by atoms with Crippen LogP contribution in [-0.2, 0) is 22.7 Å². The van der Waals surface area contributed by atoms with Gasteiger partial charge in [-0.05, 0) is 26.6 Å². The Morgan fingerprint density at radius 1 is 1.30 bits per heavy atom. The van der Waals surface area contributed by atoms with Crippen molar-refractivity contribution in [2.45, 2.75) is 26.2 Å². The summed E-state index contributed by atoms with van der Waals surface area (Å²) in [6, 6.07) is 11.6. The maximum Gasteiger partial charge on any atom is 0.254 e. The Morgan fingerprint density at radius 2 is 2.04 bits per heavy atom. The molecule has 6 heteroatoms. The quantitative estimate of drug-likeness (QED) is 0.809. The van der Waals surface area contributed by atoms with Crippen molar-refractivity contribution < 1.29 is 9.53 Å². The van der Waals surface area contributed by atoms with Crippen LogP contribution in [0.4, 0.5) is 5.82 Å². The average molecular weight is 316 g/mol. The van der Waals surface area contributed by atoms with Gasteiger partial charge in [0.2, 0.25) is 0 Å². The fraction of sp³-hybridized carbons (Fsp3) is 0.412. The van der Waals surface area contributed by atoms with Gasteiger partial charge >= 0.3 is 0 Å². The molecule has 1 aromatic carbocycles. The standard InChI is InChI=1S/C17H24N4O2/c1-14(23-13-15-7-5-4-6-8-15)17(22)18-16-9-10-21(19-16)12-11-20(2)3/h4-10,14H,11-13H2,1-3H3,(H,18,19,22)/t14-/m0/s1. The Labute approximate surface area is 137 Å². The molecule has 1 N–H and O–H groups in total. The summed E-state index contributed by atoms with van der Waals surface area (Å²) in [5.41, 5.74) is 1.04. The van der Waals surface area contributed by atoms with Crippen molar-refractivity contribution in [1.29, 1.82) is 0 Å². The zero-order chi connectivity index (χ0) is 16.7. The number of anilines is 1. The maximum absolute atomic E-state index is 12.1. The number of benzene rings is 1. The number of hydrogen-bond acceptors (Lipinski definition) is 4. The van der Waals surface area contributed by atoms with Crippen LogP contribution in [0.1, 0.15) is 12.5 Å². The van der Waals surface area contributed by atoms with E-state index in [2.05, 4.69) is 15.3 Å². The molecular formula is C17H24N4O2. The second-order valence-electron chi connectivity index (χ2n) is 5.70. The van der Waals surface area contributed by atoms with E-state index in [-0.39, 0.29) is 5.91 Å². The minimum atomic E-state index is -0.540. The predicted molar refractivity (Wildman–Crippen MR) is 90.1 cm³/mol. The van der Waals surface area contributed by atoms with Crippen molar-refractivity contribution in [3.8, 4) is 0 Å². The Morgan fingerprint density at radius 3 is 2.74 bits per heavy atom. The molecule has 0 aliphatic carbocycles. The molecular weight excluding hydrogens is 292 g/mol. The average Bonchev–Trinajstić information content (AvgIpc) is 2.99. The monoisotopic (exact) mass is 316 g/mol. The third kappa shape index (κ3) is 5.84. The first kappa shape index (κ1) is 17.2. The van der Waals surface area contributed by atoms with Crippen LogP contribution in [0.5, 0.6) is 0 Å². The van der Waals surface area contributed by atoms with Gasteiger partial charge in [-0.1, -0.05) is 30.3 Å². The van der Waals surface area contributed by atoms with E-state index in [0.29, 0.717) is 12.4 Å². The highest BCUT2D eigenvalue weighted by Gasteiger charge is 2.14. The van der Waals surface area contributed by atoms with E-state index in [1.54, 1.807) is 13.0 Å². The van der Waals surface area contributed by atoms with Crippen LogP contribution in [0.15, 0.2) is 42.6 Å². The van der Waals surface area contributed by atoms with E-state index in [1.165, 1.54) is 0 Å². The van der Waals surface area contributed by atoms with Crippen molar-refractivity contribution in [2.75, 3.05) is 26.0 Å². The van der Waals surface area contributed by atoms with E-state index in [9.17, 15) is 4.79 Å². The van der Waals surface area contributed by atoms with E-state index in [1.807, 2.05) is 55.3 Å². The van der Waals surface area contributed by atoms with Gasteiger partial charge in [-0.3, -0.25) is 9.48 Å². The second-order valence-corrected chi connectivity index (χ2v) is 5.70. The molecule has 0 aliphatic rings. The summed E-state index contributed by atoms with van der Waals surface area (Å²) in [5.74, 6) is 0.350. The van der Waals surface area contributed by atoms with Crippen molar-refractivity contribution in [1.82, 2.24) is 14.7 Å². The van der Waals surface area contributed by atoms with Gasteiger partial charge in [0.1, 0.15) is 6.10 Å². The number of hydrogen-bond donors (Lipinski definition) is 1. The summed E-state index contributed by atoms with van der Waals surface area (Å²) >= 11 is 0. The van der Waals surface area contributed by atoms with Gasteiger partial charge in [0.15, 0.2) is 5.82 Å². The van der Waals surface area contributed by atoms with Crippen LogP contribution in [0.2, 0.25) is 0 Å². The SMILES string of the molecule is C[C@H](OCc1ccccc1)C(=O)Nc1ccn(CCN(C)C)n1. The summed E-state index contributed by atoms with van der Waals surface area (Å²) in [4.78, 5) is 14.2. The molecule has 6 nitrogen and oxygen atoms in total. The molecule has 1 heterocycles. The summed E-state index contributed by atoms with van der Waals surface area (Å²) in [5, 5.41) is 7.10. The maximum atomic E-state index is 12.1. The summed E-state index contributed by atoms with van der Waals surface area (Å²) in [6.45, 7) is 3.82. The van der Waals surface area contributed by atoms with Gasteiger partial charge in [0.25, 0.3) is 5.91 Å². The Balaban J connectivity index is 1.79. The summed E-state index contributed by atoms with van der Waals surface area (Å²) in [6.07, 6.45) is 1.32. The van der Waals surface area contributed by atoms with Gasteiger partial charge in [0.05, 0.1) is 13.2 Å². The van der Waals surface area contributed by atoms with Gasteiger partial charge in [-0.2, -0.15) is 5.10 Å². The first-order valence-electron chi connectivity index (χ1n) is 7.69. The van der Waals surface area contributed by atoms with E-state index >= 15 is 0 Å². The zero-order valence-electron chi connectivity index (χ0n) is 13.9. The lowest BCUT2D eigenvalue weighted by Crippen LogP contribution is -2.28. The van der Waals surface area contributed by atoms with Gasteiger partial charge in [-0.25, -0.2) is 0 Å². The number of carbonyl (C=O) groups is 1. The molecule has 0 aliphatic heterocycles. The predicted octanol–water partition coefficient (Wildman–Crippen LogP) is 1.99. The number of nitrogens with one attached hydrogen (secondary N) is 1. The highest BCUT2D eigenvalue weighted by molar-refractivity contribution is 5.92. The number of carbonyl (C=O) groups excluding carboxylic acids is 1. The zero-order valence-corrected chi connectivity index (χ0v) is 13.9. The number of ether oxygens (including phenoxy) is 1. The smallest absolute Gasteiger partial charge is 0.254 e. The molecule has 2 rings (SSSR count). The lowest BCUT2D eigenvalue weighted by molar-refractivity contribution is -0.127. The minimum absolute atomic E-state index is 0.196. The molecule has 124 valence electrons. The topological polar surface area (TPSA) is 59.4 Å². The van der Waals surface area contributed by atoms with E-state index in [0.717, 1.165) is 18.7 Å². The molecule has 0 spiro atoms. The Kier molecular flexibility index (Phi) is 6.31. The first-order chi connectivity index (χ1) is 11.0. The molecule has 0 unspecified atom stereocenters. The van der Waals surface area contributed by atoms with Crippen LogP contribution in [0, 0.1) is 0 Å². The van der Waals surface area contributed by atoms with Crippen LogP contribution >= 0.6 is 0 Å². The summed E-state index contributed by atoms with van der Waals surface area (Å²) in [7, 11) is 4.02. The fourth-order valence-electron chi connectivity index (χ4n) is 1.95. The third-order valence-corrected chi connectivity index (χ3v) is 3.38. The molecule has 0 bridgehead atoms. The van der Waals surface area contributed by atoms with Crippen molar-refractivity contribution in [3.63, 3.8) is 0 Å². The number of aromatic nitrogens is 2. The molecule has 1 aromatic heterocycles. The van der Waals surface area contributed by atoms with Crippen molar-refractivity contribution in [2.24, 2.45) is 0 Å². The van der Waals surface area contributed by atoms with Crippen LogP contribution in [0.25, 0.3) is 0 Å². The van der Waals surface area contributed by atoms with Crippen LogP contribution < -0.4 is 5.32 Å². The fourth-order valence-corrected chi connectivity index (χ4v) is 1.95. The van der Waals surface area contributed by atoms with Gasteiger partial charge in [-0.15, -0.1) is 0 Å². The Hall–Kier alpha value is -2.18. The highest BCUT2D eigenvalue weighted by Crippen LogP contribution is 2.07. The molecule has 2 aromatic rings. The minimum Gasteiger partial charge on any atom is -0.364 e. The second kappa shape index (κ2) is 8.45. The Bertz CT molecular complexity index is 610. The lowest BCUT2D eigenvalue weighted by Gasteiger charge is -2.12. The van der Waals surface area contributed by atoms with Crippen molar-refractivity contribution in [3.05, 3.63) is 48.2 Å². The van der Waals surface area contributed by atoms with Crippen molar-refractivity contribution >= 4 is 11.7 Å². The number of nitrogens with zero attached hydrogens (tertiary/aromatic N) is 3. The normalized spacial score (nSPS) is 12.3. The highest BCUT2D eigenvalue weighted by atomic mass is 16.5. The number of likely N-dealkylation sites (N-methyl/N-ethyl adjacent to an activating group) is 1. The molecule has 1 atom stereocenters. The molecule has 0 radical (unpaired) electrons. The molecule has 23 heavy (non-hydrogen) atoms. The molecule has 0 saturated carbocycles. The third-order valence-electron chi connectivity index (χ3n) is 3.38. The van der Waals surface area contributed by atoms with Crippen LogP contribution in [0.3, 0.4) is 0 Å². The summed E-state index contributed by atoms with van der Waals surface area (Å²) < 4.78 is 7.41. The van der Waals surface area contributed by atoms with Gasteiger partial charge < -0.3 is 15.0 Å². The molecule has 0 saturated heterocycles. The molecule has 0 fully saturated rings. The van der Waals surface area contributed by atoms with E-state index in [4.69, 9.17) is 4.74 Å².